The highest BCUT2D eigenvalue weighted by atomic mass is 19.4. The smallest absolute Gasteiger partial charge is 0.330 e. The Morgan fingerprint density at radius 1 is 1.39 bits per heavy atom. The molecule has 0 saturated carbocycles. The van der Waals surface area contributed by atoms with Gasteiger partial charge in [-0.15, -0.1) is 0 Å². The summed E-state index contributed by atoms with van der Waals surface area (Å²) in [5.74, 6) is -1.47. The van der Waals surface area contributed by atoms with Crippen LogP contribution in [0.2, 0.25) is 0 Å². The van der Waals surface area contributed by atoms with Crippen LogP contribution in [0, 0.1) is 5.92 Å². The Balaban J connectivity index is 2.39. The molecule has 1 rings (SSSR count). The minimum absolute atomic E-state index is 0.0766. The van der Waals surface area contributed by atoms with Crippen molar-refractivity contribution in [2.75, 3.05) is 26.7 Å². The van der Waals surface area contributed by atoms with E-state index >= 15 is 0 Å². The van der Waals surface area contributed by atoms with Crippen molar-refractivity contribution in [2.24, 2.45) is 11.7 Å². The molecule has 0 spiro atoms. The summed E-state index contributed by atoms with van der Waals surface area (Å²) >= 11 is 0. The molecule has 2 N–H and O–H groups in total. The molecule has 1 aromatic rings. The highest BCUT2D eigenvalue weighted by Crippen LogP contribution is 2.25. The molecule has 1 aromatic heterocycles. The molecule has 0 aliphatic rings. The maximum atomic E-state index is 12.5. The average molecular weight is 261 g/mol. The molecule has 0 amide bonds. The molecule has 1 atom stereocenters. The Labute approximate surface area is 105 Å². The zero-order valence-corrected chi connectivity index (χ0v) is 10.3. The van der Waals surface area contributed by atoms with Gasteiger partial charge in [0.1, 0.15) is 0 Å². The summed E-state index contributed by atoms with van der Waals surface area (Å²) in [5.41, 5.74) is 6.03. The lowest BCUT2D eigenvalue weighted by Crippen LogP contribution is -2.40. The van der Waals surface area contributed by atoms with Crippen LogP contribution in [0.15, 0.2) is 24.4 Å². The van der Waals surface area contributed by atoms with Crippen LogP contribution >= 0.6 is 0 Å². The second-order valence-corrected chi connectivity index (χ2v) is 4.31. The molecular weight excluding hydrogens is 243 g/mol. The molecule has 1 unspecified atom stereocenters. The maximum Gasteiger partial charge on any atom is 0.394 e. The van der Waals surface area contributed by atoms with Gasteiger partial charge >= 0.3 is 6.18 Å². The van der Waals surface area contributed by atoms with Crippen molar-refractivity contribution < 1.29 is 13.2 Å². The Morgan fingerprint density at radius 2 is 2.11 bits per heavy atom. The van der Waals surface area contributed by atoms with Gasteiger partial charge in [0.05, 0.1) is 5.92 Å². The molecule has 18 heavy (non-hydrogen) atoms. The van der Waals surface area contributed by atoms with E-state index in [0.29, 0.717) is 13.0 Å². The molecule has 3 nitrogen and oxygen atoms in total. The first-order valence-electron chi connectivity index (χ1n) is 5.78. The summed E-state index contributed by atoms with van der Waals surface area (Å²) in [6.07, 6.45) is -1.92. The number of nitrogens with two attached hydrogens (primary N) is 1. The predicted octanol–water partition coefficient (Wildman–Crippen LogP) is 1.69. The quantitative estimate of drug-likeness (QED) is 0.847. The number of rotatable bonds is 6. The highest BCUT2D eigenvalue weighted by molar-refractivity contribution is 5.03. The molecule has 6 heteroatoms. The molecule has 0 aromatic carbocycles. The molecule has 0 radical (unpaired) electrons. The Bertz CT molecular complexity index is 340. The third-order valence-corrected chi connectivity index (χ3v) is 2.76. The van der Waals surface area contributed by atoms with E-state index in [1.165, 1.54) is 0 Å². The third-order valence-electron chi connectivity index (χ3n) is 2.76. The molecular formula is C12H18F3N3. The molecule has 0 aliphatic carbocycles. The summed E-state index contributed by atoms with van der Waals surface area (Å²) in [6, 6.07) is 5.53. The van der Waals surface area contributed by atoms with Gasteiger partial charge in [0, 0.05) is 37.9 Å². The lowest BCUT2D eigenvalue weighted by molar-refractivity contribution is -0.175. The number of nitrogens with zero attached hydrogens (tertiary/aromatic N) is 2. The van der Waals surface area contributed by atoms with Crippen LogP contribution < -0.4 is 5.73 Å². The number of hydrogen-bond acceptors (Lipinski definition) is 3. The van der Waals surface area contributed by atoms with Gasteiger partial charge in [0.2, 0.25) is 0 Å². The first-order chi connectivity index (χ1) is 8.43. The van der Waals surface area contributed by atoms with Crippen LogP contribution in [0.4, 0.5) is 13.2 Å². The first kappa shape index (κ1) is 14.9. The fraction of sp³-hybridized carbons (Fsp3) is 0.583. The summed E-state index contributed by atoms with van der Waals surface area (Å²) in [7, 11) is 1.66. The molecule has 0 saturated heterocycles. The van der Waals surface area contributed by atoms with Gasteiger partial charge in [-0.3, -0.25) is 4.98 Å². The molecule has 1 heterocycles. The van der Waals surface area contributed by atoms with Gasteiger partial charge in [-0.25, -0.2) is 0 Å². The number of halogens is 3. The molecule has 0 bridgehead atoms. The Morgan fingerprint density at radius 3 is 2.61 bits per heavy atom. The first-order valence-corrected chi connectivity index (χ1v) is 5.78. The summed E-state index contributed by atoms with van der Waals surface area (Å²) < 4.78 is 37.6. The van der Waals surface area contributed by atoms with Crippen LogP contribution in [-0.2, 0) is 6.42 Å². The second-order valence-electron chi connectivity index (χ2n) is 4.31. The number of alkyl halides is 3. The monoisotopic (exact) mass is 261 g/mol. The minimum Gasteiger partial charge on any atom is -0.330 e. The summed E-state index contributed by atoms with van der Waals surface area (Å²) in [4.78, 5) is 5.76. The lowest BCUT2D eigenvalue weighted by atomic mass is 10.1. The van der Waals surface area contributed by atoms with E-state index in [9.17, 15) is 13.2 Å². The zero-order chi connectivity index (χ0) is 13.6. The van der Waals surface area contributed by atoms with E-state index in [4.69, 9.17) is 5.73 Å². The van der Waals surface area contributed by atoms with Crippen LogP contribution in [0.25, 0.3) is 0 Å². The van der Waals surface area contributed by atoms with Crippen LogP contribution in [0.3, 0.4) is 0 Å². The van der Waals surface area contributed by atoms with E-state index in [2.05, 4.69) is 4.98 Å². The zero-order valence-electron chi connectivity index (χ0n) is 10.3. The fourth-order valence-electron chi connectivity index (χ4n) is 1.63. The van der Waals surface area contributed by atoms with Gasteiger partial charge < -0.3 is 10.6 Å². The van der Waals surface area contributed by atoms with Crippen LogP contribution in [-0.4, -0.2) is 42.7 Å². The third kappa shape index (κ3) is 5.01. The van der Waals surface area contributed by atoms with Crippen molar-refractivity contribution in [3.05, 3.63) is 30.1 Å². The van der Waals surface area contributed by atoms with E-state index in [1.807, 2.05) is 12.1 Å². The summed E-state index contributed by atoms with van der Waals surface area (Å²) in [6.45, 7) is 0.0772. The van der Waals surface area contributed by atoms with Crippen molar-refractivity contribution >= 4 is 0 Å². The van der Waals surface area contributed by atoms with Crippen molar-refractivity contribution in [3.8, 4) is 0 Å². The lowest BCUT2D eigenvalue weighted by Gasteiger charge is -2.24. The van der Waals surface area contributed by atoms with Crippen molar-refractivity contribution in [2.45, 2.75) is 12.6 Å². The predicted molar refractivity (Wildman–Crippen MR) is 64.0 cm³/mol. The standard InChI is InChI=1S/C12H18F3N3/c1-18(9-10(8-16)12(13,14)15)7-5-11-4-2-3-6-17-11/h2-4,6,10H,5,7-9,16H2,1H3. The average Bonchev–Trinajstić information content (AvgIpc) is 2.33. The van der Waals surface area contributed by atoms with Crippen molar-refractivity contribution in [1.29, 1.82) is 0 Å². The van der Waals surface area contributed by atoms with Gasteiger partial charge in [-0.2, -0.15) is 13.2 Å². The van der Waals surface area contributed by atoms with Crippen molar-refractivity contribution in [1.82, 2.24) is 9.88 Å². The number of aromatic nitrogens is 1. The maximum absolute atomic E-state index is 12.5. The SMILES string of the molecule is CN(CCc1ccccn1)CC(CN)C(F)(F)F. The fourth-order valence-corrected chi connectivity index (χ4v) is 1.63. The number of pyridine rings is 1. The normalized spacial score (nSPS) is 13.9. The molecule has 102 valence electrons. The van der Waals surface area contributed by atoms with Crippen LogP contribution in [0.5, 0.6) is 0 Å². The molecule has 0 aliphatic heterocycles. The number of hydrogen-bond donors (Lipinski definition) is 1. The van der Waals surface area contributed by atoms with E-state index in [-0.39, 0.29) is 13.1 Å². The van der Waals surface area contributed by atoms with E-state index in [0.717, 1.165) is 5.69 Å². The van der Waals surface area contributed by atoms with Gasteiger partial charge in [0.15, 0.2) is 0 Å². The van der Waals surface area contributed by atoms with Gasteiger partial charge in [0.25, 0.3) is 0 Å². The van der Waals surface area contributed by atoms with Gasteiger partial charge in [-0.1, -0.05) is 6.07 Å². The largest absolute Gasteiger partial charge is 0.394 e. The molecule has 0 fully saturated rings. The van der Waals surface area contributed by atoms with Crippen molar-refractivity contribution in [3.63, 3.8) is 0 Å². The van der Waals surface area contributed by atoms with Crippen LogP contribution in [0.1, 0.15) is 5.69 Å². The van der Waals surface area contributed by atoms with E-state index in [1.54, 1.807) is 24.2 Å². The minimum atomic E-state index is -4.23. The topological polar surface area (TPSA) is 42.2 Å². The summed E-state index contributed by atoms with van der Waals surface area (Å²) in [5, 5.41) is 0. The Hall–Kier alpha value is -1.14. The number of likely N-dealkylation sites (N-methyl/N-ethyl adjacent to an activating group) is 1. The Kier molecular flexibility index (Phi) is 5.55. The van der Waals surface area contributed by atoms with E-state index < -0.39 is 12.1 Å². The van der Waals surface area contributed by atoms with Gasteiger partial charge in [-0.05, 0) is 19.2 Å². The highest BCUT2D eigenvalue weighted by Gasteiger charge is 2.38. The second kappa shape index (κ2) is 6.70.